The Morgan fingerprint density at radius 3 is 1.77 bits per heavy atom. The summed E-state index contributed by atoms with van der Waals surface area (Å²) in [7, 11) is -3.08. The van der Waals surface area contributed by atoms with Crippen LogP contribution >= 0.6 is 0 Å². The van der Waals surface area contributed by atoms with Gasteiger partial charge in [0.1, 0.15) is 24.0 Å². The smallest absolute Gasteiger partial charge is 0.184 e. The maximum Gasteiger partial charge on any atom is 0.184 e. The molecule has 2 aliphatic rings. The lowest BCUT2D eigenvalue weighted by atomic mass is 9.78. The van der Waals surface area contributed by atoms with Crippen molar-refractivity contribution < 1.29 is 14.3 Å². The average Bonchev–Trinajstić information content (AvgIpc) is 1.09. The summed E-state index contributed by atoms with van der Waals surface area (Å²) in [6, 6.07) is 67.5. The Morgan fingerprint density at radius 1 is 0.538 bits per heavy atom. The highest BCUT2D eigenvalue weighted by Gasteiger charge is 2.49. The second kappa shape index (κ2) is 20.2. The van der Waals surface area contributed by atoms with E-state index in [0.29, 0.717) is 35.1 Å². The first kappa shape index (κ1) is 42.6. The van der Waals surface area contributed by atoms with Crippen LogP contribution < -0.4 is 40.2 Å². The van der Waals surface area contributed by atoms with Gasteiger partial charge in [-0.15, -0.1) is 0 Å². The summed E-state index contributed by atoms with van der Waals surface area (Å²) in [5, 5.41) is 4.78. The van der Waals surface area contributed by atoms with Gasteiger partial charge in [0.25, 0.3) is 0 Å². The predicted octanol–water partition coefficient (Wildman–Crippen LogP) is 16.4. The van der Waals surface area contributed by atoms with E-state index in [1.807, 2.05) is 62.4 Å². The van der Waals surface area contributed by atoms with Crippen molar-refractivity contribution >= 4 is 68.8 Å². The van der Waals surface area contributed by atoms with Crippen LogP contribution in [-0.4, -0.2) is 19.7 Å². The first-order valence-corrected chi connectivity index (χ1v) is 29.0. The highest BCUT2D eigenvalue weighted by atomic mass is 28.3. The van der Waals surface area contributed by atoms with Crippen molar-refractivity contribution in [3.05, 3.63) is 253 Å². The quantitative estimate of drug-likeness (QED) is 0.121. The van der Waals surface area contributed by atoms with Crippen molar-refractivity contribution in [1.82, 2.24) is 4.98 Å². The van der Waals surface area contributed by atoms with Crippen LogP contribution in [0.25, 0.3) is 22.3 Å². The Bertz CT molecular complexity index is 4120. The van der Waals surface area contributed by atoms with E-state index in [2.05, 4.69) is 202 Å². The van der Waals surface area contributed by atoms with E-state index in [-0.39, 0.29) is 46.5 Å². The minimum Gasteiger partial charge on any atom is -0.457 e. The molecule has 2 aliphatic heterocycles. The molecule has 0 bridgehead atoms. The normalized spacial score (nSPS) is 15.2. The number of nitrogens with zero attached hydrogens (tertiary/aromatic N) is 4. The summed E-state index contributed by atoms with van der Waals surface area (Å²) in [6.45, 7) is 17.4. The number of hydrogen-bond acceptors (Lipinski definition) is 5. The molecular formula is C72H68N4OSi. The Morgan fingerprint density at radius 2 is 1.12 bits per heavy atom. The first-order chi connectivity index (χ1) is 40.6. The van der Waals surface area contributed by atoms with Gasteiger partial charge in [-0.05, 0) is 120 Å². The lowest BCUT2D eigenvalue weighted by molar-refractivity contribution is 0.483. The summed E-state index contributed by atoms with van der Waals surface area (Å²) >= 11 is 0. The van der Waals surface area contributed by atoms with Crippen molar-refractivity contribution in [2.75, 3.05) is 21.4 Å². The van der Waals surface area contributed by atoms with Gasteiger partial charge >= 0.3 is 0 Å². The summed E-state index contributed by atoms with van der Waals surface area (Å²) < 4.78 is 70.3. The minimum absolute atomic E-state index is 0.136. The fraction of sp³-hybridized carbons (Fsp3) is 0.181. The molecule has 0 saturated carbocycles. The monoisotopic (exact) mass is 1040 g/mol. The van der Waals surface area contributed by atoms with Crippen LogP contribution in [0.15, 0.2) is 237 Å². The van der Waals surface area contributed by atoms with Gasteiger partial charge in [0.2, 0.25) is 0 Å². The summed E-state index contributed by atoms with van der Waals surface area (Å²) in [6.07, 6.45) is 0.0995. The molecule has 0 unspecified atom stereocenters. The van der Waals surface area contributed by atoms with Crippen LogP contribution in [0.3, 0.4) is 0 Å². The molecule has 78 heavy (non-hydrogen) atoms. The van der Waals surface area contributed by atoms with Crippen LogP contribution in [0.2, 0.25) is 0 Å². The maximum absolute atomic E-state index is 9.33. The molecule has 0 atom stereocenters. The molecule has 0 N–H and O–H groups in total. The van der Waals surface area contributed by atoms with Gasteiger partial charge in [0.15, 0.2) is 8.07 Å². The van der Waals surface area contributed by atoms with Crippen molar-refractivity contribution in [2.24, 2.45) is 5.92 Å². The van der Waals surface area contributed by atoms with E-state index in [0.717, 1.165) is 61.6 Å². The molecular weight excluding hydrogens is 965 g/mol. The van der Waals surface area contributed by atoms with Gasteiger partial charge in [0, 0.05) is 43.6 Å². The fourth-order valence-electron chi connectivity index (χ4n) is 11.5. The molecule has 386 valence electrons. The Kier molecular flexibility index (Phi) is 11.0. The number of aromatic nitrogens is 1. The number of ether oxygens (including phenoxy) is 1. The summed E-state index contributed by atoms with van der Waals surface area (Å²) in [5.41, 5.74) is 10.2. The van der Waals surface area contributed by atoms with Gasteiger partial charge in [0.05, 0.1) is 29.6 Å². The SMILES string of the molecule is [2H]c1c([2H])c([2H])c(-c2cccc(-c3cc(C(C)(C)C)cc(C(C)(C)C)c3)c2N2CN(c3cccc(Oc4ccc5c(c4)N(c4cc(C([2H])([2H])C(C)C)ccn4)c4ccccc4[Si]5(c4ccccc4)c4ccccc4)c3)c3ccccc32)c([2H])c1[2H]. The Balaban J connectivity index is 1.00. The van der Waals surface area contributed by atoms with Gasteiger partial charge < -0.3 is 14.5 Å². The fourth-order valence-corrected chi connectivity index (χ4v) is 16.6. The number of hydrogen-bond donors (Lipinski definition) is 0. The molecule has 0 spiro atoms. The van der Waals surface area contributed by atoms with Crippen LogP contribution in [0, 0.1) is 5.92 Å². The third-order valence-corrected chi connectivity index (χ3v) is 20.0. The molecule has 3 heterocycles. The summed E-state index contributed by atoms with van der Waals surface area (Å²) in [4.78, 5) is 11.6. The Hall–Kier alpha value is -8.45. The predicted molar refractivity (Wildman–Crippen MR) is 331 cm³/mol. The summed E-state index contributed by atoms with van der Waals surface area (Å²) in [5.74, 6) is 1.52. The minimum atomic E-state index is -3.08. The number of anilines is 7. The van der Waals surface area contributed by atoms with Crippen molar-refractivity contribution in [1.29, 1.82) is 0 Å². The number of para-hydroxylation sites is 4. The van der Waals surface area contributed by atoms with Crippen molar-refractivity contribution in [3.8, 4) is 33.8 Å². The number of benzene rings is 9. The zero-order valence-electron chi connectivity index (χ0n) is 52.6. The molecule has 6 heteroatoms. The van der Waals surface area contributed by atoms with Crippen LogP contribution in [0.4, 0.5) is 39.9 Å². The van der Waals surface area contributed by atoms with E-state index in [1.54, 1.807) is 12.3 Å². The third-order valence-electron chi connectivity index (χ3n) is 15.2. The topological polar surface area (TPSA) is 31.8 Å². The molecule has 9 aromatic carbocycles. The lowest BCUT2D eigenvalue weighted by Gasteiger charge is -2.44. The zero-order valence-corrected chi connectivity index (χ0v) is 46.6. The molecule has 1 aromatic heterocycles. The number of fused-ring (bicyclic) bond motifs is 3. The second-order valence-electron chi connectivity index (χ2n) is 22.8. The standard InChI is InChI=1S/C72H68N4OSi/c1-50(2)42-51-40-41-73-69(43-51)76-65-36-20-21-37-67(65)78(59-28-14-10-15-29-59,60-30-16-11-17-31-60)68-39-38-58(48-66(68)76)77-57-27-22-26-56(47-57)74-49-75(64-35-19-18-34-63(64)74)70-61(52-24-12-9-13-25-52)32-23-33-62(70)53-44-54(71(3,4)5)46-55(45-53)72(6,7)8/h9-41,43-48,50H,42,49H2,1-8H3/i9D,12D,13D,24D,25D,42D2. The van der Waals surface area contributed by atoms with Gasteiger partial charge in [-0.3, -0.25) is 4.90 Å². The van der Waals surface area contributed by atoms with Crippen molar-refractivity contribution in [3.63, 3.8) is 0 Å². The van der Waals surface area contributed by atoms with Gasteiger partial charge in [-0.25, -0.2) is 4.98 Å². The van der Waals surface area contributed by atoms with E-state index in [4.69, 9.17) is 13.8 Å². The molecule has 0 aliphatic carbocycles. The van der Waals surface area contributed by atoms with E-state index in [9.17, 15) is 5.48 Å². The Labute approximate surface area is 473 Å². The van der Waals surface area contributed by atoms with Crippen LogP contribution in [0.5, 0.6) is 11.5 Å². The number of rotatable bonds is 11. The van der Waals surface area contributed by atoms with E-state index in [1.165, 1.54) is 15.6 Å². The third kappa shape index (κ3) is 9.18. The van der Waals surface area contributed by atoms with Crippen molar-refractivity contribution in [2.45, 2.75) is 72.6 Å². The molecule has 0 radical (unpaired) electrons. The molecule has 12 rings (SSSR count). The largest absolute Gasteiger partial charge is 0.457 e. The lowest BCUT2D eigenvalue weighted by Crippen LogP contribution is -2.77. The number of pyridine rings is 1. The highest BCUT2D eigenvalue weighted by molar-refractivity contribution is 7.21. The molecule has 0 amide bonds. The molecule has 5 nitrogen and oxygen atoms in total. The van der Waals surface area contributed by atoms with Gasteiger partial charge in [-0.2, -0.15) is 0 Å². The average molecular weight is 1040 g/mol. The second-order valence-corrected chi connectivity index (χ2v) is 26.5. The van der Waals surface area contributed by atoms with Gasteiger partial charge in [-0.1, -0.05) is 225 Å². The van der Waals surface area contributed by atoms with E-state index < -0.39 is 20.5 Å². The zero-order chi connectivity index (χ0) is 59.9. The molecule has 0 saturated heterocycles. The highest BCUT2D eigenvalue weighted by Crippen LogP contribution is 2.51. The van der Waals surface area contributed by atoms with Crippen LogP contribution in [0.1, 0.15) is 81.7 Å². The first-order valence-electron chi connectivity index (χ1n) is 30.5. The van der Waals surface area contributed by atoms with Crippen LogP contribution in [-0.2, 0) is 17.2 Å². The molecule has 10 aromatic rings. The van der Waals surface area contributed by atoms with E-state index >= 15 is 0 Å². The molecule has 0 fully saturated rings. The maximum atomic E-state index is 9.33.